The Bertz CT molecular complexity index is 539. The Morgan fingerprint density at radius 1 is 1.06 bits per heavy atom. The molecule has 1 unspecified atom stereocenters. The number of nitrogens with zero attached hydrogens (tertiary/aromatic N) is 2. The van der Waals surface area contributed by atoms with Crippen LogP contribution in [0.4, 0.5) is 4.39 Å². The highest BCUT2D eigenvalue weighted by atomic mass is 19.1. The number of halogens is 1. The molecule has 0 radical (unpaired) electrons. The summed E-state index contributed by atoms with van der Waals surface area (Å²) in [5, 5.41) is 11.0. The van der Waals surface area contributed by atoms with Crippen LogP contribution in [0.2, 0.25) is 0 Å². The van der Waals surface area contributed by atoms with Crippen molar-refractivity contribution in [1.82, 2.24) is 9.97 Å². The lowest BCUT2D eigenvalue weighted by atomic mass is 9.83. The number of hydrogen-bond acceptors (Lipinski definition) is 3. The topological polar surface area (TPSA) is 46.0 Å². The highest BCUT2D eigenvalue weighted by Crippen LogP contribution is 2.49. The van der Waals surface area contributed by atoms with E-state index in [0.29, 0.717) is 11.1 Å². The first-order valence-electron chi connectivity index (χ1n) is 5.95. The van der Waals surface area contributed by atoms with E-state index in [2.05, 4.69) is 9.97 Å². The molecule has 0 aliphatic heterocycles. The number of aliphatic hydroxyl groups is 1. The molecule has 0 spiro atoms. The summed E-state index contributed by atoms with van der Waals surface area (Å²) < 4.78 is 13.0. The van der Waals surface area contributed by atoms with Crippen molar-refractivity contribution < 1.29 is 9.50 Å². The molecule has 92 valence electrons. The van der Waals surface area contributed by atoms with Gasteiger partial charge in [-0.15, -0.1) is 0 Å². The van der Waals surface area contributed by atoms with Crippen molar-refractivity contribution in [3.63, 3.8) is 0 Å². The largest absolute Gasteiger partial charge is 0.380 e. The van der Waals surface area contributed by atoms with Crippen molar-refractivity contribution in [2.24, 2.45) is 5.92 Å². The van der Waals surface area contributed by atoms with Gasteiger partial charge in [0.25, 0.3) is 0 Å². The fraction of sp³-hybridized carbons (Fsp3) is 0.286. The molecule has 2 aromatic rings. The van der Waals surface area contributed by atoms with E-state index in [-0.39, 0.29) is 11.7 Å². The van der Waals surface area contributed by atoms with Crippen LogP contribution in [0.3, 0.4) is 0 Å². The molecule has 1 aliphatic rings. The Labute approximate surface area is 104 Å². The van der Waals surface area contributed by atoms with Gasteiger partial charge >= 0.3 is 0 Å². The maximum Gasteiger partial charge on any atom is 0.123 e. The van der Waals surface area contributed by atoms with Gasteiger partial charge in [-0.25, -0.2) is 14.4 Å². The van der Waals surface area contributed by atoms with Crippen molar-refractivity contribution in [3.8, 4) is 0 Å². The van der Waals surface area contributed by atoms with E-state index in [1.54, 1.807) is 24.5 Å². The SMILES string of the molecule is OC(c1ccc(F)cc1)(c1cncnc1)C1CC1. The predicted molar refractivity (Wildman–Crippen MR) is 64.2 cm³/mol. The van der Waals surface area contributed by atoms with Crippen molar-refractivity contribution in [2.75, 3.05) is 0 Å². The maximum absolute atomic E-state index is 13.0. The minimum Gasteiger partial charge on any atom is -0.380 e. The smallest absolute Gasteiger partial charge is 0.123 e. The van der Waals surface area contributed by atoms with Gasteiger partial charge in [0.15, 0.2) is 0 Å². The first-order chi connectivity index (χ1) is 8.71. The summed E-state index contributed by atoms with van der Waals surface area (Å²) in [6, 6.07) is 5.99. The van der Waals surface area contributed by atoms with Crippen LogP contribution in [0, 0.1) is 11.7 Å². The van der Waals surface area contributed by atoms with E-state index in [1.807, 2.05) is 0 Å². The molecule has 18 heavy (non-hydrogen) atoms. The summed E-state index contributed by atoms with van der Waals surface area (Å²) in [5.74, 6) is -0.143. The van der Waals surface area contributed by atoms with Crippen LogP contribution in [0.5, 0.6) is 0 Å². The molecule has 0 amide bonds. The maximum atomic E-state index is 13.0. The van der Waals surface area contributed by atoms with Crippen LogP contribution >= 0.6 is 0 Å². The van der Waals surface area contributed by atoms with Gasteiger partial charge in [0.05, 0.1) is 0 Å². The van der Waals surface area contributed by atoms with Crippen LogP contribution in [0.1, 0.15) is 24.0 Å². The van der Waals surface area contributed by atoms with E-state index < -0.39 is 5.60 Å². The number of aromatic nitrogens is 2. The zero-order valence-electron chi connectivity index (χ0n) is 9.75. The summed E-state index contributed by atoms with van der Waals surface area (Å²) in [7, 11) is 0. The number of hydrogen-bond donors (Lipinski definition) is 1. The fourth-order valence-electron chi connectivity index (χ4n) is 2.34. The van der Waals surface area contributed by atoms with Crippen LogP contribution in [0.25, 0.3) is 0 Å². The van der Waals surface area contributed by atoms with Crippen LogP contribution in [-0.2, 0) is 5.60 Å². The Morgan fingerprint density at radius 3 is 2.22 bits per heavy atom. The first-order valence-corrected chi connectivity index (χ1v) is 5.95. The molecular weight excluding hydrogens is 231 g/mol. The molecule has 1 heterocycles. The summed E-state index contributed by atoms with van der Waals surface area (Å²) in [6.45, 7) is 0. The average Bonchev–Trinajstić information content (AvgIpc) is 3.24. The third kappa shape index (κ3) is 1.78. The second-order valence-corrected chi connectivity index (χ2v) is 4.67. The van der Waals surface area contributed by atoms with E-state index in [4.69, 9.17) is 0 Å². The van der Waals surface area contributed by atoms with Gasteiger partial charge in [0.1, 0.15) is 17.7 Å². The number of benzene rings is 1. The van der Waals surface area contributed by atoms with Gasteiger partial charge in [-0.2, -0.15) is 0 Å². The minimum atomic E-state index is -1.10. The van der Waals surface area contributed by atoms with Crippen molar-refractivity contribution in [1.29, 1.82) is 0 Å². The Balaban J connectivity index is 2.09. The van der Waals surface area contributed by atoms with E-state index >= 15 is 0 Å². The number of rotatable bonds is 3. The van der Waals surface area contributed by atoms with Crippen molar-refractivity contribution in [3.05, 3.63) is 59.9 Å². The van der Waals surface area contributed by atoms with Gasteiger partial charge in [-0.1, -0.05) is 12.1 Å². The second kappa shape index (κ2) is 4.14. The first kappa shape index (κ1) is 11.3. The van der Waals surface area contributed by atoms with E-state index in [1.165, 1.54) is 18.5 Å². The van der Waals surface area contributed by atoms with Crippen LogP contribution < -0.4 is 0 Å². The van der Waals surface area contributed by atoms with Crippen LogP contribution in [-0.4, -0.2) is 15.1 Å². The molecule has 1 saturated carbocycles. The molecule has 1 aromatic heterocycles. The molecule has 1 fully saturated rings. The van der Waals surface area contributed by atoms with Gasteiger partial charge in [0.2, 0.25) is 0 Å². The molecule has 1 aliphatic carbocycles. The van der Waals surface area contributed by atoms with Crippen LogP contribution in [0.15, 0.2) is 43.0 Å². The van der Waals surface area contributed by atoms with E-state index in [0.717, 1.165) is 12.8 Å². The molecule has 3 nitrogen and oxygen atoms in total. The van der Waals surface area contributed by atoms with Crippen molar-refractivity contribution >= 4 is 0 Å². The molecule has 1 atom stereocenters. The lowest BCUT2D eigenvalue weighted by Crippen LogP contribution is -2.30. The fourth-order valence-corrected chi connectivity index (χ4v) is 2.34. The lowest BCUT2D eigenvalue weighted by molar-refractivity contribution is 0.0556. The summed E-state index contributed by atoms with van der Waals surface area (Å²) >= 11 is 0. The minimum absolute atomic E-state index is 0.161. The highest BCUT2D eigenvalue weighted by Gasteiger charge is 2.46. The van der Waals surface area contributed by atoms with Gasteiger partial charge in [0, 0.05) is 18.0 Å². The standard InChI is InChI=1S/C14H13FN2O/c15-13-5-3-11(4-6-13)14(18,10-1-2-10)12-7-16-9-17-8-12/h3-10,18H,1-2H2. The summed E-state index contributed by atoms with van der Waals surface area (Å²) in [6.07, 6.45) is 6.59. The quantitative estimate of drug-likeness (QED) is 0.900. The van der Waals surface area contributed by atoms with Crippen molar-refractivity contribution in [2.45, 2.75) is 18.4 Å². The summed E-state index contributed by atoms with van der Waals surface area (Å²) in [4.78, 5) is 7.92. The Morgan fingerprint density at radius 2 is 1.67 bits per heavy atom. The molecular formula is C14H13FN2O. The zero-order valence-corrected chi connectivity index (χ0v) is 9.75. The predicted octanol–water partition coefficient (Wildman–Crippen LogP) is 2.26. The summed E-state index contributed by atoms with van der Waals surface area (Å²) in [5.41, 5.74) is 0.259. The average molecular weight is 244 g/mol. The molecule has 0 bridgehead atoms. The van der Waals surface area contributed by atoms with Gasteiger partial charge < -0.3 is 5.11 Å². The van der Waals surface area contributed by atoms with E-state index in [9.17, 15) is 9.50 Å². The second-order valence-electron chi connectivity index (χ2n) is 4.67. The molecule has 1 N–H and O–H groups in total. The molecule has 1 aromatic carbocycles. The molecule has 4 heteroatoms. The zero-order chi connectivity index (χ0) is 12.6. The highest BCUT2D eigenvalue weighted by molar-refractivity contribution is 5.36. The van der Waals surface area contributed by atoms with Gasteiger partial charge in [-0.05, 0) is 36.5 Å². The molecule has 0 saturated heterocycles. The Kier molecular flexibility index (Phi) is 2.59. The van der Waals surface area contributed by atoms with Gasteiger partial charge in [-0.3, -0.25) is 0 Å². The normalized spacial score (nSPS) is 18.3. The molecule has 3 rings (SSSR count). The third-order valence-electron chi connectivity index (χ3n) is 3.45. The monoisotopic (exact) mass is 244 g/mol. The Hall–Kier alpha value is -1.81. The third-order valence-corrected chi connectivity index (χ3v) is 3.45. The lowest BCUT2D eigenvalue weighted by Gasteiger charge is -2.28.